The van der Waals surface area contributed by atoms with Crippen LogP contribution >= 0.6 is 0 Å². The standard InChI is InChI=1S/C30H31N3O4.C30H35N3O2/c1-31(2)29(35)28(34)23-17-32-14-7-15-33-24-16-19(30(36)37)12-13-21(24)25(18-8-4-3-5-9-18)27(33)22-11-6-10-20(23)26(22)32;1-31(2)17-14-22-19-32-15-7-16-33-26-18-21(30(34)35)12-13-24(26)27(20-8-4-3-5-9-20)29(33)25-11-6-10-23(22)28(25)32/h6,10-13,16-18H,3-5,7-9,14-15H2,1-2H3,(H,36,37);6,10-13,18-20H,3-5,7-9,14-17H2,1-2H3,(H,34,35). The summed E-state index contributed by atoms with van der Waals surface area (Å²) in [7, 11) is 7.47. The van der Waals surface area contributed by atoms with Gasteiger partial charge in [0.25, 0.3) is 11.7 Å². The normalized spacial score (nSPS) is 16.2. The molecule has 72 heavy (non-hydrogen) atoms. The van der Waals surface area contributed by atoms with Crippen LogP contribution in [0, 0.1) is 0 Å². The smallest absolute Gasteiger partial charge is 0.335 e. The van der Waals surface area contributed by atoms with Crippen molar-refractivity contribution in [2.45, 2.75) is 121 Å². The number of hydrogen-bond acceptors (Lipinski definition) is 5. The highest BCUT2D eigenvalue weighted by atomic mass is 16.4. The van der Waals surface area contributed by atoms with Gasteiger partial charge in [0, 0.05) is 103 Å². The number of Topliss-reactive ketones (excluding diaryl/α,β-unsaturated/α-hetero) is 1. The van der Waals surface area contributed by atoms with Gasteiger partial charge in [0.1, 0.15) is 0 Å². The number of hydrogen-bond donors (Lipinski definition) is 2. The Labute approximate surface area is 420 Å². The van der Waals surface area contributed by atoms with Gasteiger partial charge in [-0.25, -0.2) is 9.59 Å². The van der Waals surface area contributed by atoms with Crippen molar-refractivity contribution >= 4 is 67.2 Å². The molecular weight excluding hydrogens is 901 g/mol. The van der Waals surface area contributed by atoms with Crippen LogP contribution < -0.4 is 0 Å². The molecule has 0 bridgehead atoms. The van der Waals surface area contributed by atoms with Crippen molar-refractivity contribution in [2.24, 2.45) is 0 Å². The van der Waals surface area contributed by atoms with Crippen molar-refractivity contribution in [3.63, 3.8) is 0 Å². The molecule has 12 nitrogen and oxygen atoms in total. The summed E-state index contributed by atoms with van der Waals surface area (Å²) in [5.41, 5.74) is 14.5. The highest BCUT2D eigenvalue weighted by Gasteiger charge is 2.33. The number of para-hydroxylation sites is 2. The summed E-state index contributed by atoms with van der Waals surface area (Å²) in [4.78, 5) is 53.1. The summed E-state index contributed by atoms with van der Waals surface area (Å²) < 4.78 is 9.39. The number of aromatic carboxylic acids is 2. The molecule has 4 aromatic heterocycles. The number of nitrogens with zero attached hydrogens (tertiary/aromatic N) is 6. The van der Waals surface area contributed by atoms with E-state index in [-0.39, 0.29) is 0 Å². The van der Waals surface area contributed by atoms with Gasteiger partial charge in [0.15, 0.2) is 0 Å². The van der Waals surface area contributed by atoms with Crippen molar-refractivity contribution in [2.75, 3.05) is 34.7 Å². The summed E-state index contributed by atoms with van der Waals surface area (Å²) in [6.07, 6.45) is 19.3. The van der Waals surface area contributed by atoms with E-state index in [0.29, 0.717) is 35.1 Å². The number of carbonyl (C=O) groups excluding carboxylic acids is 2. The van der Waals surface area contributed by atoms with E-state index in [4.69, 9.17) is 0 Å². The lowest BCUT2D eigenvalue weighted by atomic mass is 9.81. The number of aryl methyl sites for hydroxylation is 4. The van der Waals surface area contributed by atoms with Crippen molar-refractivity contribution in [1.29, 1.82) is 0 Å². The second-order valence-corrected chi connectivity index (χ2v) is 21.3. The van der Waals surface area contributed by atoms with Crippen LogP contribution in [0.15, 0.2) is 85.2 Å². The first kappa shape index (κ1) is 47.4. The minimum Gasteiger partial charge on any atom is -0.478 e. The number of benzene rings is 4. The number of likely N-dealkylation sites (N-methyl/N-ethyl adjacent to an activating group) is 2. The molecule has 2 aliphatic heterocycles. The molecule has 2 N–H and O–H groups in total. The lowest BCUT2D eigenvalue weighted by molar-refractivity contribution is -0.124. The Hall–Kier alpha value is -6.92. The third kappa shape index (κ3) is 8.21. The maximum atomic E-state index is 13.2. The van der Waals surface area contributed by atoms with E-state index in [0.717, 1.165) is 96.9 Å². The molecule has 4 aromatic carbocycles. The maximum Gasteiger partial charge on any atom is 0.335 e. The molecule has 4 aliphatic rings. The molecule has 12 heteroatoms. The summed E-state index contributed by atoms with van der Waals surface area (Å²) in [6.45, 7) is 4.37. The fourth-order valence-electron chi connectivity index (χ4n) is 13.0. The van der Waals surface area contributed by atoms with E-state index in [1.165, 1.54) is 101 Å². The molecule has 8 aromatic rings. The number of aromatic nitrogens is 4. The zero-order valence-electron chi connectivity index (χ0n) is 42.2. The Bertz CT molecular complexity index is 3460. The summed E-state index contributed by atoms with van der Waals surface area (Å²) in [5.74, 6) is -1.87. The van der Waals surface area contributed by atoms with E-state index in [1.807, 2.05) is 36.5 Å². The number of ketones is 1. The number of carboxylic acid groups (broad SMARTS) is 2. The van der Waals surface area contributed by atoms with Crippen LogP contribution in [0.5, 0.6) is 0 Å². The summed E-state index contributed by atoms with van der Waals surface area (Å²) in [6, 6.07) is 24.2. The van der Waals surface area contributed by atoms with Crippen LogP contribution in [-0.2, 0) is 37.4 Å². The minimum atomic E-state index is -0.924. The minimum absolute atomic E-state index is 0.293. The van der Waals surface area contributed by atoms with E-state index in [2.05, 4.69) is 73.8 Å². The average Bonchev–Trinajstić information content (AvgIpc) is 4.12. The van der Waals surface area contributed by atoms with E-state index < -0.39 is 23.6 Å². The lowest BCUT2D eigenvalue weighted by Crippen LogP contribution is -2.29. The van der Waals surface area contributed by atoms with E-state index in [9.17, 15) is 29.4 Å². The molecule has 1 amide bonds. The fourth-order valence-corrected chi connectivity index (χ4v) is 13.0. The molecule has 0 radical (unpaired) electrons. The molecule has 2 aliphatic carbocycles. The van der Waals surface area contributed by atoms with Crippen LogP contribution in [-0.4, -0.2) is 96.6 Å². The fraction of sp³-hybridized carbons (Fsp3) is 0.400. The highest BCUT2D eigenvalue weighted by Crippen LogP contribution is 2.49. The first-order chi connectivity index (χ1) is 34.9. The zero-order valence-corrected chi connectivity index (χ0v) is 42.2. The second-order valence-electron chi connectivity index (χ2n) is 21.3. The van der Waals surface area contributed by atoms with Crippen molar-refractivity contribution in [3.8, 4) is 22.5 Å². The zero-order chi connectivity index (χ0) is 49.9. The maximum absolute atomic E-state index is 13.2. The van der Waals surface area contributed by atoms with Gasteiger partial charge in [-0.3, -0.25) is 9.59 Å². The Morgan fingerprint density at radius 3 is 1.53 bits per heavy atom. The molecule has 0 atom stereocenters. The molecule has 2 fully saturated rings. The Kier molecular flexibility index (Phi) is 12.7. The quantitative estimate of drug-likeness (QED) is 0.109. The van der Waals surface area contributed by atoms with Gasteiger partial charge in [-0.05, 0) is 112 Å². The molecule has 372 valence electrons. The molecular formula is C60H66N6O6. The molecule has 0 saturated heterocycles. The first-order valence-corrected chi connectivity index (χ1v) is 26.3. The third-order valence-corrected chi connectivity index (χ3v) is 16.4. The average molecular weight is 967 g/mol. The SMILES string of the molecule is CN(C)C(=O)C(=O)c1cn2c3c(cccc13)-c1c(C3CCCCC3)c3ccc(C(=O)O)cc3n1CCC2.CN(C)CCc1cn2c3c(cccc13)-c1c(C3CCCCC3)c3ccc(C(=O)O)cc3n1CCC2. The van der Waals surface area contributed by atoms with Gasteiger partial charge in [-0.1, -0.05) is 87.1 Å². The van der Waals surface area contributed by atoms with Crippen molar-refractivity contribution in [1.82, 2.24) is 28.1 Å². The van der Waals surface area contributed by atoms with Crippen LogP contribution in [0.4, 0.5) is 0 Å². The van der Waals surface area contributed by atoms with Crippen molar-refractivity contribution in [3.05, 3.63) is 119 Å². The summed E-state index contributed by atoms with van der Waals surface area (Å²) in [5, 5.41) is 24.0. The van der Waals surface area contributed by atoms with Crippen LogP contribution in [0.3, 0.4) is 0 Å². The Balaban J connectivity index is 0.000000156. The predicted molar refractivity (Wildman–Crippen MR) is 286 cm³/mol. The molecule has 12 rings (SSSR count). The number of fused-ring (bicyclic) bond motifs is 8. The van der Waals surface area contributed by atoms with Crippen LogP contribution in [0.25, 0.3) is 66.1 Å². The molecule has 0 spiro atoms. The molecule has 2 saturated carbocycles. The van der Waals surface area contributed by atoms with Gasteiger partial charge in [-0.15, -0.1) is 0 Å². The lowest BCUT2D eigenvalue weighted by Gasteiger charge is -2.25. The van der Waals surface area contributed by atoms with Gasteiger partial charge >= 0.3 is 11.9 Å². The highest BCUT2D eigenvalue weighted by molar-refractivity contribution is 6.45. The van der Waals surface area contributed by atoms with E-state index >= 15 is 0 Å². The number of carboxylic acids is 2. The van der Waals surface area contributed by atoms with Gasteiger partial charge < -0.3 is 38.3 Å². The topological polar surface area (TPSA) is 135 Å². The predicted octanol–water partition coefficient (Wildman–Crippen LogP) is 12.2. The third-order valence-electron chi connectivity index (χ3n) is 16.4. The van der Waals surface area contributed by atoms with Gasteiger partial charge in [0.2, 0.25) is 0 Å². The van der Waals surface area contributed by atoms with E-state index in [1.54, 1.807) is 26.2 Å². The number of amides is 1. The molecule has 6 heterocycles. The van der Waals surface area contributed by atoms with Gasteiger partial charge in [-0.2, -0.15) is 0 Å². The monoisotopic (exact) mass is 967 g/mol. The number of rotatable bonds is 9. The van der Waals surface area contributed by atoms with Crippen LogP contribution in [0.1, 0.15) is 137 Å². The Morgan fingerprint density at radius 2 is 1.04 bits per heavy atom. The first-order valence-electron chi connectivity index (χ1n) is 26.3. The number of carbonyl (C=O) groups is 4. The summed E-state index contributed by atoms with van der Waals surface area (Å²) >= 11 is 0. The largest absolute Gasteiger partial charge is 0.478 e. The van der Waals surface area contributed by atoms with Gasteiger partial charge in [0.05, 0.1) is 39.1 Å². The molecule has 0 unspecified atom stereocenters. The van der Waals surface area contributed by atoms with Crippen LogP contribution in [0.2, 0.25) is 0 Å². The second kappa shape index (κ2) is 19.3. The van der Waals surface area contributed by atoms with Crippen molar-refractivity contribution < 1.29 is 29.4 Å². The Morgan fingerprint density at radius 1 is 0.556 bits per heavy atom.